The first kappa shape index (κ1) is 18.3. The molecule has 0 fully saturated rings. The highest BCUT2D eigenvalue weighted by Gasteiger charge is 2.14. The van der Waals surface area contributed by atoms with Gasteiger partial charge >= 0.3 is 5.97 Å². The maximum absolute atomic E-state index is 12.0. The summed E-state index contributed by atoms with van der Waals surface area (Å²) < 4.78 is 10.3. The number of hydrogen-bond acceptors (Lipinski definition) is 4. The lowest BCUT2D eigenvalue weighted by molar-refractivity contribution is 0.0494. The number of unbranched alkanes of at least 4 members (excludes halogenated alkanes) is 7. The third kappa shape index (κ3) is 6.83. The summed E-state index contributed by atoms with van der Waals surface area (Å²) in [5.74, 6) is -0.00260. The largest absolute Gasteiger partial charge is 0.508 e. The van der Waals surface area contributed by atoms with Gasteiger partial charge in [-0.25, -0.2) is 4.79 Å². The summed E-state index contributed by atoms with van der Waals surface area (Å²) in [6, 6.07) is 4.38. The van der Waals surface area contributed by atoms with Gasteiger partial charge in [0.05, 0.1) is 13.7 Å². The first-order valence-electron chi connectivity index (χ1n) is 8.23. The van der Waals surface area contributed by atoms with Crippen molar-refractivity contribution in [2.24, 2.45) is 0 Å². The number of esters is 1. The summed E-state index contributed by atoms with van der Waals surface area (Å²) in [5, 5.41) is 9.37. The summed E-state index contributed by atoms with van der Waals surface area (Å²) in [5.41, 5.74) is 0.347. The van der Waals surface area contributed by atoms with E-state index in [1.807, 2.05) is 0 Å². The van der Waals surface area contributed by atoms with Crippen molar-refractivity contribution in [3.05, 3.63) is 23.8 Å². The van der Waals surface area contributed by atoms with Gasteiger partial charge in [-0.3, -0.25) is 0 Å². The molecule has 4 nitrogen and oxygen atoms in total. The molecular weight excluding hydrogens is 280 g/mol. The van der Waals surface area contributed by atoms with E-state index in [4.69, 9.17) is 9.47 Å². The molecule has 124 valence electrons. The van der Waals surface area contributed by atoms with E-state index in [0.717, 1.165) is 12.8 Å². The second-order valence-corrected chi connectivity index (χ2v) is 5.50. The number of ether oxygens (including phenoxy) is 2. The number of benzene rings is 1. The Morgan fingerprint density at radius 2 is 1.68 bits per heavy atom. The molecule has 1 aromatic rings. The van der Waals surface area contributed by atoms with Crippen LogP contribution in [0, 0.1) is 0 Å². The highest BCUT2D eigenvalue weighted by molar-refractivity contribution is 5.92. The van der Waals surface area contributed by atoms with Crippen molar-refractivity contribution in [3.63, 3.8) is 0 Å². The SMILES string of the molecule is CCCCCCCCCCOC(=O)c1ccc(O)cc1OC. The van der Waals surface area contributed by atoms with Crippen LogP contribution in [-0.2, 0) is 4.74 Å². The fourth-order valence-corrected chi connectivity index (χ4v) is 2.33. The van der Waals surface area contributed by atoms with E-state index in [-0.39, 0.29) is 5.75 Å². The average molecular weight is 308 g/mol. The molecule has 0 heterocycles. The number of phenolic OH excluding ortho intramolecular Hbond substituents is 1. The van der Waals surface area contributed by atoms with Gasteiger partial charge in [-0.05, 0) is 18.6 Å². The molecule has 0 spiro atoms. The van der Waals surface area contributed by atoms with Crippen LogP contribution >= 0.6 is 0 Å². The van der Waals surface area contributed by atoms with Crippen molar-refractivity contribution in [2.75, 3.05) is 13.7 Å². The van der Waals surface area contributed by atoms with Crippen LogP contribution in [0.25, 0.3) is 0 Å². The molecule has 1 aromatic carbocycles. The third-order valence-electron chi connectivity index (χ3n) is 3.64. The van der Waals surface area contributed by atoms with Gasteiger partial charge in [0.15, 0.2) is 0 Å². The molecule has 1 rings (SSSR count). The molecule has 4 heteroatoms. The van der Waals surface area contributed by atoms with Crippen LogP contribution in [0.1, 0.15) is 68.6 Å². The summed E-state index contributed by atoms with van der Waals surface area (Å²) in [7, 11) is 1.46. The van der Waals surface area contributed by atoms with E-state index < -0.39 is 5.97 Å². The van der Waals surface area contributed by atoms with E-state index in [9.17, 15) is 9.90 Å². The minimum Gasteiger partial charge on any atom is -0.508 e. The van der Waals surface area contributed by atoms with Crippen molar-refractivity contribution in [3.8, 4) is 11.5 Å². The van der Waals surface area contributed by atoms with Gasteiger partial charge in [-0.2, -0.15) is 0 Å². The second kappa shape index (κ2) is 10.9. The number of aromatic hydroxyl groups is 1. The monoisotopic (exact) mass is 308 g/mol. The molecule has 1 N–H and O–H groups in total. The Kier molecular flexibility index (Phi) is 9.12. The zero-order valence-electron chi connectivity index (χ0n) is 13.8. The third-order valence-corrected chi connectivity index (χ3v) is 3.64. The summed E-state index contributed by atoms with van der Waals surface area (Å²) >= 11 is 0. The Morgan fingerprint density at radius 3 is 2.32 bits per heavy atom. The van der Waals surface area contributed by atoms with Gasteiger partial charge in [0.1, 0.15) is 17.1 Å². The van der Waals surface area contributed by atoms with E-state index in [0.29, 0.717) is 17.9 Å². The van der Waals surface area contributed by atoms with E-state index in [1.54, 1.807) is 0 Å². The smallest absolute Gasteiger partial charge is 0.341 e. The molecule has 22 heavy (non-hydrogen) atoms. The van der Waals surface area contributed by atoms with Crippen LogP contribution < -0.4 is 4.74 Å². The maximum atomic E-state index is 12.0. The number of methoxy groups -OCH3 is 1. The Hall–Kier alpha value is -1.71. The van der Waals surface area contributed by atoms with Gasteiger partial charge in [0.2, 0.25) is 0 Å². The number of hydrogen-bond donors (Lipinski definition) is 1. The molecule has 0 amide bonds. The Bertz CT molecular complexity index is 443. The quantitative estimate of drug-likeness (QED) is 0.475. The molecule has 0 aromatic heterocycles. The molecule has 0 bridgehead atoms. The Balaban J connectivity index is 2.18. The molecular formula is C18H28O4. The van der Waals surface area contributed by atoms with E-state index in [1.165, 1.54) is 63.8 Å². The van der Waals surface area contributed by atoms with E-state index >= 15 is 0 Å². The summed E-state index contributed by atoms with van der Waals surface area (Å²) in [6.45, 7) is 2.65. The molecule has 0 aliphatic heterocycles. The predicted octanol–water partition coefficient (Wildman–Crippen LogP) is 4.70. The van der Waals surface area contributed by atoms with Gasteiger partial charge in [0.25, 0.3) is 0 Å². The fraction of sp³-hybridized carbons (Fsp3) is 0.611. The molecule has 0 aliphatic carbocycles. The normalized spacial score (nSPS) is 10.5. The zero-order valence-corrected chi connectivity index (χ0v) is 13.8. The van der Waals surface area contributed by atoms with Crippen LogP contribution in [-0.4, -0.2) is 24.8 Å². The molecule has 0 unspecified atom stereocenters. The average Bonchev–Trinajstić information content (AvgIpc) is 2.52. The van der Waals surface area contributed by atoms with E-state index in [2.05, 4.69) is 6.92 Å². The van der Waals surface area contributed by atoms with Crippen molar-refractivity contribution in [2.45, 2.75) is 58.3 Å². The number of carbonyl (C=O) groups excluding carboxylic acids is 1. The van der Waals surface area contributed by atoms with Crippen LogP contribution in [0.3, 0.4) is 0 Å². The van der Waals surface area contributed by atoms with Crippen molar-refractivity contribution in [1.82, 2.24) is 0 Å². The number of carbonyl (C=O) groups is 1. The second-order valence-electron chi connectivity index (χ2n) is 5.50. The van der Waals surface area contributed by atoms with Gasteiger partial charge in [0, 0.05) is 6.07 Å². The molecule has 0 saturated heterocycles. The summed E-state index contributed by atoms with van der Waals surface area (Å²) in [6.07, 6.45) is 9.67. The standard InChI is InChI=1S/C18H28O4/c1-3-4-5-6-7-8-9-10-13-22-18(20)16-12-11-15(19)14-17(16)21-2/h11-12,14,19H,3-10,13H2,1-2H3. The molecule has 0 aliphatic rings. The van der Waals surface area contributed by atoms with Crippen LogP contribution in [0.5, 0.6) is 11.5 Å². The number of rotatable bonds is 11. The first-order chi connectivity index (χ1) is 10.7. The molecule has 0 radical (unpaired) electrons. The Labute approximate surface area is 133 Å². The molecule has 0 atom stereocenters. The highest BCUT2D eigenvalue weighted by atomic mass is 16.5. The Morgan fingerprint density at radius 1 is 1.05 bits per heavy atom. The van der Waals surface area contributed by atoms with Gasteiger partial charge < -0.3 is 14.6 Å². The minimum absolute atomic E-state index is 0.0662. The lowest BCUT2D eigenvalue weighted by Gasteiger charge is -2.09. The minimum atomic E-state index is -0.403. The van der Waals surface area contributed by atoms with Gasteiger partial charge in [-0.1, -0.05) is 51.9 Å². The lowest BCUT2D eigenvalue weighted by Crippen LogP contribution is -2.08. The van der Waals surface area contributed by atoms with Crippen LogP contribution in [0.2, 0.25) is 0 Å². The first-order valence-corrected chi connectivity index (χ1v) is 8.23. The van der Waals surface area contributed by atoms with Gasteiger partial charge in [-0.15, -0.1) is 0 Å². The van der Waals surface area contributed by atoms with Crippen LogP contribution in [0.4, 0.5) is 0 Å². The maximum Gasteiger partial charge on any atom is 0.341 e. The lowest BCUT2D eigenvalue weighted by atomic mass is 10.1. The van der Waals surface area contributed by atoms with Crippen molar-refractivity contribution < 1.29 is 19.4 Å². The summed E-state index contributed by atoms with van der Waals surface area (Å²) in [4.78, 5) is 12.0. The number of phenols is 1. The molecule has 0 saturated carbocycles. The predicted molar refractivity (Wildman–Crippen MR) is 87.6 cm³/mol. The van der Waals surface area contributed by atoms with Crippen LogP contribution in [0.15, 0.2) is 18.2 Å². The van der Waals surface area contributed by atoms with Crippen molar-refractivity contribution in [1.29, 1.82) is 0 Å². The topological polar surface area (TPSA) is 55.8 Å². The zero-order chi connectivity index (χ0) is 16.2. The fourth-order valence-electron chi connectivity index (χ4n) is 2.33. The highest BCUT2D eigenvalue weighted by Crippen LogP contribution is 2.24. The van der Waals surface area contributed by atoms with Crippen molar-refractivity contribution >= 4 is 5.97 Å².